The third kappa shape index (κ3) is 5.92. The Balaban J connectivity index is 1.74. The van der Waals surface area contributed by atoms with E-state index in [-0.39, 0.29) is 34.7 Å². The maximum Gasteiger partial charge on any atom is 0.308 e. The van der Waals surface area contributed by atoms with Gasteiger partial charge in [-0.05, 0) is 73.5 Å². The van der Waals surface area contributed by atoms with Crippen molar-refractivity contribution < 1.29 is 33.0 Å². The minimum atomic E-state index is -1.16. The SMILES string of the molecule is COC(=O)C[C@@H]1NC(=O)c2cc(Oc3cc(C)cc(C)c3)c(NC(=O)c3ccc(F)cc3)cc2NC1=O. The fourth-order valence-corrected chi connectivity index (χ4v) is 3.88. The number of anilines is 2. The average Bonchev–Trinajstić information content (AvgIpc) is 2.94. The number of benzene rings is 3. The number of hydrogen-bond acceptors (Lipinski definition) is 6. The minimum absolute atomic E-state index is 0.0693. The van der Waals surface area contributed by atoms with Crippen molar-refractivity contribution in [2.45, 2.75) is 26.3 Å². The Morgan fingerprint density at radius 3 is 2.32 bits per heavy atom. The van der Waals surface area contributed by atoms with Crippen LogP contribution in [0.1, 0.15) is 38.3 Å². The summed E-state index contributed by atoms with van der Waals surface area (Å²) in [7, 11) is 1.18. The van der Waals surface area contributed by atoms with Crippen molar-refractivity contribution in [1.82, 2.24) is 5.32 Å². The lowest BCUT2D eigenvalue weighted by Gasteiger charge is -2.16. The third-order valence-corrected chi connectivity index (χ3v) is 5.62. The minimum Gasteiger partial charge on any atom is -0.469 e. The molecule has 3 N–H and O–H groups in total. The molecule has 190 valence electrons. The van der Waals surface area contributed by atoms with E-state index in [1.54, 1.807) is 12.1 Å². The van der Waals surface area contributed by atoms with E-state index in [0.29, 0.717) is 5.75 Å². The lowest BCUT2D eigenvalue weighted by molar-refractivity contribution is -0.142. The van der Waals surface area contributed by atoms with Crippen LogP contribution in [0, 0.1) is 19.7 Å². The number of halogens is 1. The number of hydrogen-bond donors (Lipinski definition) is 3. The fraction of sp³-hybridized carbons (Fsp3) is 0.185. The zero-order chi connectivity index (χ0) is 26.7. The van der Waals surface area contributed by atoms with Gasteiger partial charge in [-0.3, -0.25) is 19.2 Å². The molecule has 3 amide bonds. The Kier molecular flexibility index (Phi) is 7.19. The molecule has 0 saturated heterocycles. The molecule has 9 nitrogen and oxygen atoms in total. The molecule has 4 rings (SSSR count). The first-order valence-electron chi connectivity index (χ1n) is 11.3. The summed E-state index contributed by atoms with van der Waals surface area (Å²) in [6.07, 6.45) is -0.359. The van der Waals surface area contributed by atoms with E-state index in [1.165, 1.54) is 31.4 Å². The van der Waals surface area contributed by atoms with Crippen molar-refractivity contribution >= 4 is 35.1 Å². The molecule has 3 aromatic rings. The molecule has 0 fully saturated rings. The van der Waals surface area contributed by atoms with E-state index in [4.69, 9.17) is 4.74 Å². The molecular formula is C27H24FN3O6. The topological polar surface area (TPSA) is 123 Å². The maximum atomic E-state index is 13.3. The second-order valence-corrected chi connectivity index (χ2v) is 8.58. The van der Waals surface area contributed by atoms with Gasteiger partial charge in [0, 0.05) is 5.56 Å². The van der Waals surface area contributed by atoms with Gasteiger partial charge in [0.1, 0.15) is 17.6 Å². The van der Waals surface area contributed by atoms with Gasteiger partial charge in [0.15, 0.2) is 5.75 Å². The largest absolute Gasteiger partial charge is 0.469 e. The molecule has 0 unspecified atom stereocenters. The lowest BCUT2D eigenvalue weighted by Crippen LogP contribution is -2.42. The van der Waals surface area contributed by atoms with E-state index in [2.05, 4.69) is 20.7 Å². The molecule has 0 aliphatic carbocycles. The van der Waals surface area contributed by atoms with Crippen molar-refractivity contribution in [2.24, 2.45) is 0 Å². The number of rotatable bonds is 6. The van der Waals surface area contributed by atoms with E-state index >= 15 is 0 Å². The van der Waals surface area contributed by atoms with Gasteiger partial charge in [-0.15, -0.1) is 0 Å². The highest BCUT2D eigenvalue weighted by molar-refractivity contribution is 6.12. The van der Waals surface area contributed by atoms with E-state index < -0.39 is 35.5 Å². The Morgan fingerprint density at radius 1 is 1.00 bits per heavy atom. The standard InChI is InChI=1S/C27H24FN3O6/c1-14-8-15(2)10-18(9-14)37-23-11-19-20(29-27(35)22(31-26(19)34)13-24(32)36-3)12-21(23)30-25(33)16-4-6-17(28)7-5-16/h4-12,22H,13H2,1-3H3,(H,29,35)(H,30,33)(H,31,34)/t22-/m0/s1. The van der Waals surface area contributed by atoms with Crippen LogP contribution in [0.5, 0.6) is 11.5 Å². The van der Waals surface area contributed by atoms with Gasteiger partial charge < -0.3 is 25.4 Å². The summed E-state index contributed by atoms with van der Waals surface area (Å²) >= 11 is 0. The number of ether oxygens (including phenoxy) is 2. The first-order valence-corrected chi connectivity index (χ1v) is 11.3. The number of nitrogens with one attached hydrogen (secondary N) is 3. The summed E-state index contributed by atoms with van der Waals surface area (Å²) in [5.41, 5.74) is 2.41. The number of carbonyl (C=O) groups is 4. The second-order valence-electron chi connectivity index (χ2n) is 8.58. The molecule has 3 aromatic carbocycles. The number of methoxy groups -OCH3 is 1. The highest BCUT2D eigenvalue weighted by Crippen LogP contribution is 2.37. The van der Waals surface area contributed by atoms with Crippen LogP contribution in [-0.2, 0) is 14.3 Å². The van der Waals surface area contributed by atoms with E-state index in [1.807, 2.05) is 19.9 Å². The van der Waals surface area contributed by atoms with Gasteiger partial charge in [0.25, 0.3) is 11.8 Å². The average molecular weight is 506 g/mol. The first kappa shape index (κ1) is 25.4. The van der Waals surface area contributed by atoms with Crippen LogP contribution in [0.3, 0.4) is 0 Å². The molecule has 37 heavy (non-hydrogen) atoms. The van der Waals surface area contributed by atoms with Crippen LogP contribution in [0.25, 0.3) is 0 Å². The van der Waals surface area contributed by atoms with Crippen molar-refractivity contribution in [3.05, 3.63) is 82.7 Å². The smallest absolute Gasteiger partial charge is 0.308 e. The van der Waals surface area contributed by atoms with Gasteiger partial charge in [0.2, 0.25) is 5.91 Å². The van der Waals surface area contributed by atoms with Crippen molar-refractivity contribution in [1.29, 1.82) is 0 Å². The summed E-state index contributed by atoms with van der Waals surface area (Å²) in [4.78, 5) is 50.3. The molecule has 0 saturated carbocycles. The van der Waals surface area contributed by atoms with Crippen LogP contribution >= 0.6 is 0 Å². The maximum absolute atomic E-state index is 13.3. The lowest BCUT2D eigenvalue weighted by atomic mass is 10.1. The summed E-state index contributed by atoms with van der Waals surface area (Å²) in [5.74, 6) is -2.36. The zero-order valence-corrected chi connectivity index (χ0v) is 20.3. The number of amides is 3. The van der Waals surface area contributed by atoms with Gasteiger partial charge in [-0.1, -0.05) is 6.07 Å². The Hall–Kier alpha value is -4.73. The second kappa shape index (κ2) is 10.5. The molecule has 1 aliphatic heterocycles. The first-order chi connectivity index (χ1) is 17.6. The van der Waals surface area contributed by atoms with Crippen molar-refractivity contribution in [2.75, 3.05) is 17.7 Å². The quantitative estimate of drug-likeness (QED) is 0.434. The number of aryl methyl sites for hydroxylation is 2. The van der Waals surface area contributed by atoms with Gasteiger partial charge in [-0.25, -0.2) is 4.39 Å². The summed E-state index contributed by atoms with van der Waals surface area (Å²) in [6.45, 7) is 3.80. The molecule has 0 bridgehead atoms. The Morgan fingerprint density at radius 2 is 1.68 bits per heavy atom. The number of fused-ring (bicyclic) bond motifs is 1. The van der Waals surface area contributed by atoms with Crippen LogP contribution in [0.4, 0.5) is 15.8 Å². The molecule has 1 aliphatic rings. The van der Waals surface area contributed by atoms with Crippen LogP contribution in [-0.4, -0.2) is 36.8 Å². The predicted octanol–water partition coefficient (Wildman–Crippen LogP) is 4.10. The molecular weight excluding hydrogens is 481 g/mol. The zero-order valence-electron chi connectivity index (χ0n) is 20.3. The predicted molar refractivity (Wildman–Crippen MR) is 133 cm³/mol. The summed E-state index contributed by atoms with van der Waals surface area (Å²) < 4.78 is 24.0. The molecule has 1 heterocycles. The highest BCUT2D eigenvalue weighted by Gasteiger charge is 2.31. The van der Waals surface area contributed by atoms with Crippen LogP contribution in [0.15, 0.2) is 54.6 Å². The third-order valence-electron chi connectivity index (χ3n) is 5.62. The Bertz CT molecular complexity index is 1380. The fourth-order valence-electron chi connectivity index (χ4n) is 3.88. The summed E-state index contributed by atoms with van der Waals surface area (Å²) in [5, 5.41) is 7.84. The number of carbonyl (C=O) groups excluding carboxylic acids is 4. The van der Waals surface area contributed by atoms with Crippen LogP contribution in [0.2, 0.25) is 0 Å². The Labute approximate surface area is 212 Å². The van der Waals surface area contributed by atoms with E-state index in [0.717, 1.165) is 23.3 Å². The van der Waals surface area contributed by atoms with Crippen molar-refractivity contribution in [3.63, 3.8) is 0 Å². The van der Waals surface area contributed by atoms with Crippen molar-refractivity contribution in [3.8, 4) is 11.5 Å². The van der Waals surface area contributed by atoms with Crippen LogP contribution < -0.4 is 20.7 Å². The molecule has 10 heteroatoms. The highest BCUT2D eigenvalue weighted by atomic mass is 19.1. The number of esters is 1. The molecule has 0 spiro atoms. The summed E-state index contributed by atoms with van der Waals surface area (Å²) in [6, 6.07) is 12.1. The molecule has 0 radical (unpaired) electrons. The molecule has 1 atom stereocenters. The molecule has 0 aromatic heterocycles. The van der Waals surface area contributed by atoms with Gasteiger partial charge in [-0.2, -0.15) is 0 Å². The van der Waals surface area contributed by atoms with Gasteiger partial charge >= 0.3 is 5.97 Å². The monoisotopic (exact) mass is 505 g/mol. The van der Waals surface area contributed by atoms with E-state index in [9.17, 15) is 23.6 Å². The van der Waals surface area contributed by atoms with Gasteiger partial charge in [0.05, 0.1) is 30.5 Å². The normalized spacial score (nSPS) is 14.5.